The van der Waals surface area contributed by atoms with E-state index in [4.69, 9.17) is 5.73 Å². The molecule has 0 aliphatic carbocycles. The largest absolute Gasteiger partial charge is 0.385 e. The summed E-state index contributed by atoms with van der Waals surface area (Å²) in [5.74, 6) is 0.276. The molecule has 2 rings (SSSR count). The van der Waals surface area contributed by atoms with E-state index < -0.39 is 6.10 Å². The Balaban J connectivity index is 0.00000112. The summed E-state index contributed by atoms with van der Waals surface area (Å²) in [5, 5.41) is 9.70. The summed E-state index contributed by atoms with van der Waals surface area (Å²) in [5.41, 5.74) is 6.37. The van der Waals surface area contributed by atoms with Gasteiger partial charge in [0.1, 0.15) is 11.9 Å². The van der Waals surface area contributed by atoms with E-state index in [1.54, 1.807) is 12.3 Å². The second-order valence-electron chi connectivity index (χ2n) is 3.64. The van der Waals surface area contributed by atoms with E-state index in [0.717, 1.165) is 18.7 Å². The van der Waals surface area contributed by atoms with Crippen LogP contribution in [0, 0.1) is 0 Å². The number of hydrogen-bond donors (Lipinski definition) is 2. The summed E-state index contributed by atoms with van der Waals surface area (Å²) in [7, 11) is 0. The number of aliphatic hydroxyl groups is 1. The Hall–Kier alpha value is -0.710. The first-order valence-corrected chi connectivity index (χ1v) is 4.91. The maximum atomic E-state index is 9.70. The predicted molar refractivity (Wildman–Crippen MR) is 70.2 cm³/mol. The topological polar surface area (TPSA) is 61.8 Å². The van der Waals surface area contributed by atoms with Crippen LogP contribution in [0.3, 0.4) is 0 Å². The lowest BCUT2D eigenvalue weighted by Gasteiger charge is -2.18. The van der Waals surface area contributed by atoms with Crippen molar-refractivity contribution >= 4 is 30.6 Å². The van der Waals surface area contributed by atoms with Gasteiger partial charge >= 0.3 is 0 Å². The fourth-order valence-electron chi connectivity index (χ4n) is 1.74. The van der Waals surface area contributed by atoms with Crippen molar-refractivity contribution in [2.45, 2.75) is 18.9 Å². The molecule has 2 aliphatic rings. The maximum absolute atomic E-state index is 9.70. The van der Waals surface area contributed by atoms with E-state index >= 15 is 0 Å². The Bertz CT molecular complexity index is 309. The van der Waals surface area contributed by atoms with Crippen molar-refractivity contribution in [2.24, 2.45) is 10.7 Å². The Morgan fingerprint density at radius 1 is 1.38 bits per heavy atom. The molecule has 2 aliphatic heterocycles. The summed E-state index contributed by atoms with van der Waals surface area (Å²) < 4.78 is 0. The zero-order valence-electron chi connectivity index (χ0n) is 8.87. The average Bonchev–Trinajstić information content (AvgIpc) is 2.66. The smallest absolute Gasteiger partial charge is 0.137 e. The van der Waals surface area contributed by atoms with Gasteiger partial charge in [-0.05, 0) is 18.9 Å². The van der Waals surface area contributed by atoms with E-state index in [0.29, 0.717) is 0 Å². The monoisotopic (exact) mass is 265 g/mol. The van der Waals surface area contributed by atoms with Gasteiger partial charge < -0.3 is 15.7 Å². The summed E-state index contributed by atoms with van der Waals surface area (Å²) in [6.07, 6.45) is 7.14. The molecule has 1 fully saturated rings. The highest BCUT2D eigenvalue weighted by Crippen LogP contribution is 2.15. The Morgan fingerprint density at radius 2 is 2.00 bits per heavy atom. The van der Waals surface area contributed by atoms with Crippen molar-refractivity contribution in [1.82, 2.24) is 4.90 Å². The van der Waals surface area contributed by atoms with Gasteiger partial charge in [-0.3, -0.25) is 0 Å². The summed E-state index contributed by atoms with van der Waals surface area (Å²) >= 11 is 0. The van der Waals surface area contributed by atoms with Crippen molar-refractivity contribution < 1.29 is 5.11 Å². The molecule has 16 heavy (non-hydrogen) atoms. The molecule has 0 aromatic rings. The molecule has 0 saturated carbocycles. The van der Waals surface area contributed by atoms with Crippen LogP contribution in [0.2, 0.25) is 0 Å². The van der Waals surface area contributed by atoms with Crippen LogP contribution in [0.4, 0.5) is 0 Å². The molecule has 4 nitrogen and oxygen atoms in total. The lowest BCUT2D eigenvalue weighted by Crippen LogP contribution is -2.32. The highest BCUT2D eigenvalue weighted by atomic mass is 35.5. The van der Waals surface area contributed by atoms with Gasteiger partial charge in [-0.2, -0.15) is 0 Å². The van der Waals surface area contributed by atoms with E-state index in [1.807, 2.05) is 6.20 Å². The van der Waals surface area contributed by atoms with Crippen LogP contribution in [0.5, 0.6) is 0 Å². The molecule has 3 N–H and O–H groups in total. The molecule has 0 spiro atoms. The van der Waals surface area contributed by atoms with Crippen molar-refractivity contribution in [1.29, 1.82) is 0 Å². The number of nitrogens with two attached hydrogens (primary N) is 1. The standard InChI is InChI=1S/C10H15N3O.2ClH/c11-10-9(14)8(3-4-12-10)7-13-5-1-2-6-13;;/h3-4,7,9,14H,1-2,5-6H2,(H2,11,12);2*1H. The Kier molecular flexibility index (Phi) is 6.48. The van der Waals surface area contributed by atoms with Crippen LogP contribution in [-0.2, 0) is 0 Å². The minimum atomic E-state index is -0.736. The number of likely N-dealkylation sites (tertiary alicyclic amines) is 1. The molecule has 1 unspecified atom stereocenters. The quantitative estimate of drug-likeness (QED) is 0.746. The fourth-order valence-corrected chi connectivity index (χ4v) is 1.74. The lowest BCUT2D eigenvalue weighted by atomic mass is 10.1. The molecule has 0 aromatic carbocycles. The molecule has 6 heteroatoms. The summed E-state index contributed by atoms with van der Waals surface area (Å²) in [6, 6.07) is 0. The van der Waals surface area contributed by atoms with Crippen molar-refractivity contribution in [2.75, 3.05) is 13.1 Å². The molecule has 2 heterocycles. The first kappa shape index (κ1) is 15.3. The lowest BCUT2D eigenvalue weighted by molar-refractivity contribution is 0.274. The van der Waals surface area contributed by atoms with Crippen LogP contribution < -0.4 is 5.73 Å². The van der Waals surface area contributed by atoms with Crippen molar-refractivity contribution in [3.05, 3.63) is 24.0 Å². The molecule has 0 radical (unpaired) electrons. The van der Waals surface area contributed by atoms with Gasteiger partial charge in [-0.15, -0.1) is 24.8 Å². The first-order chi connectivity index (χ1) is 6.77. The van der Waals surface area contributed by atoms with Gasteiger partial charge in [-0.25, -0.2) is 4.99 Å². The predicted octanol–water partition coefficient (Wildman–Crippen LogP) is 1.06. The van der Waals surface area contributed by atoms with Crippen LogP contribution in [-0.4, -0.2) is 35.0 Å². The number of amidine groups is 1. The molecular weight excluding hydrogens is 249 g/mol. The third-order valence-electron chi connectivity index (χ3n) is 2.56. The number of halogens is 2. The molecule has 0 amide bonds. The maximum Gasteiger partial charge on any atom is 0.137 e. The van der Waals surface area contributed by atoms with Crippen molar-refractivity contribution in [3.63, 3.8) is 0 Å². The minimum absolute atomic E-state index is 0. The zero-order valence-corrected chi connectivity index (χ0v) is 10.5. The zero-order chi connectivity index (χ0) is 9.97. The van der Waals surface area contributed by atoms with Crippen LogP contribution in [0.15, 0.2) is 29.0 Å². The Labute approximate surface area is 108 Å². The highest BCUT2D eigenvalue weighted by Gasteiger charge is 2.17. The molecule has 1 atom stereocenters. The van der Waals surface area contributed by atoms with Crippen LogP contribution in [0.1, 0.15) is 12.8 Å². The highest BCUT2D eigenvalue weighted by molar-refractivity contribution is 5.89. The van der Waals surface area contributed by atoms with E-state index in [9.17, 15) is 5.11 Å². The minimum Gasteiger partial charge on any atom is -0.385 e. The second-order valence-corrected chi connectivity index (χ2v) is 3.64. The third kappa shape index (κ3) is 3.40. The summed E-state index contributed by atoms with van der Waals surface area (Å²) in [4.78, 5) is 6.05. The van der Waals surface area contributed by atoms with Gasteiger partial charge in [-0.1, -0.05) is 0 Å². The number of aliphatic imine (C=N–C) groups is 1. The molecule has 0 aromatic heterocycles. The summed E-state index contributed by atoms with van der Waals surface area (Å²) in [6.45, 7) is 2.14. The number of hydrogen-bond acceptors (Lipinski definition) is 4. The molecule has 1 saturated heterocycles. The van der Waals surface area contributed by atoms with E-state index in [-0.39, 0.29) is 30.6 Å². The van der Waals surface area contributed by atoms with Gasteiger partial charge in [0.25, 0.3) is 0 Å². The van der Waals surface area contributed by atoms with Gasteiger partial charge in [0.15, 0.2) is 0 Å². The Morgan fingerprint density at radius 3 is 2.62 bits per heavy atom. The molecule has 92 valence electrons. The molecular formula is C10H17Cl2N3O. The number of aliphatic hydroxyl groups excluding tert-OH is 1. The molecule has 0 bridgehead atoms. The number of rotatable bonds is 1. The second kappa shape index (κ2) is 6.78. The first-order valence-electron chi connectivity index (χ1n) is 4.91. The van der Waals surface area contributed by atoms with E-state index in [1.165, 1.54) is 12.8 Å². The van der Waals surface area contributed by atoms with Gasteiger partial charge in [0, 0.05) is 31.1 Å². The van der Waals surface area contributed by atoms with Crippen LogP contribution in [0.25, 0.3) is 0 Å². The van der Waals surface area contributed by atoms with E-state index in [2.05, 4.69) is 9.89 Å². The van der Waals surface area contributed by atoms with Crippen LogP contribution >= 0.6 is 24.8 Å². The fraction of sp³-hybridized carbons (Fsp3) is 0.500. The normalized spacial score (nSPS) is 26.1. The average molecular weight is 266 g/mol. The van der Waals surface area contributed by atoms with Crippen molar-refractivity contribution in [3.8, 4) is 0 Å². The van der Waals surface area contributed by atoms with Gasteiger partial charge in [0.05, 0.1) is 0 Å². The number of nitrogens with zero attached hydrogens (tertiary/aromatic N) is 2. The SMILES string of the molecule is Cl.Cl.NC1=NC=CC(=CN2CCCC2)C1O. The van der Waals surface area contributed by atoms with Gasteiger partial charge in [0.2, 0.25) is 0 Å². The third-order valence-corrected chi connectivity index (χ3v) is 2.56.